The Morgan fingerprint density at radius 1 is 1.16 bits per heavy atom. The molecule has 1 heterocycles. The molecule has 3 aromatic rings. The summed E-state index contributed by atoms with van der Waals surface area (Å²) in [5, 5.41) is 2.70. The van der Waals surface area contributed by atoms with Gasteiger partial charge in [0.05, 0.1) is 17.6 Å². The highest BCUT2D eigenvalue weighted by Crippen LogP contribution is 2.18. The van der Waals surface area contributed by atoms with Gasteiger partial charge >= 0.3 is 0 Å². The quantitative estimate of drug-likeness (QED) is 0.482. The van der Waals surface area contributed by atoms with Crippen molar-refractivity contribution in [2.75, 3.05) is 13.2 Å². The number of hydrogen-bond donors (Lipinski definition) is 1. The van der Waals surface area contributed by atoms with Crippen LogP contribution < -0.4 is 10.1 Å². The Morgan fingerprint density at radius 2 is 1.96 bits per heavy atom. The Balaban J connectivity index is 1.69. The zero-order valence-corrected chi connectivity index (χ0v) is 14.4. The van der Waals surface area contributed by atoms with Crippen molar-refractivity contribution in [3.05, 3.63) is 59.9 Å². The van der Waals surface area contributed by atoms with E-state index in [-0.39, 0.29) is 0 Å². The van der Waals surface area contributed by atoms with Crippen molar-refractivity contribution in [1.82, 2.24) is 14.9 Å². The van der Waals surface area contributed by atoms with Crippen LogP contribution in [0.3, 0.4) is 0 Å². The van der Waals surface area contributed by atoms with Crippen molar-refractivity contribution in [1.29, 1.82) is 0 Å². The summed E-state index contributed by atoms with van der Waals surface area (Å²) in [6, 6.07) is 16.2. The fourth-order valence-electron chi connectivity index (χ4n) is 2.86. The van der Waals surface area contributed by atoms with Gasteiger partial charge in [0.1, 0.15) is 18.2 Å². The zero-order chi connectivity index (χ0) is 17.5. The van der Waals surface area contributed by atoms with E-state index in [9.17, 15) is 4.79 Å². The lowest BCUT2D eigenvalue weighted by Gasteiger charge is -2.11. The predicted octanol–water partition coefficient (Wildman–Crippen LogP) is 3.10. The van der Waals surface area contributed by atoms with Crippen LogP contribution in [0.4, 0.5) is 0 Å². The standard InChI is InChI=1S/C20H23N3O2/c1-16-8-10-17(11-9-16)25-14-13-23-19-6-3-2-5-18(19)22-20(23)7-4-12-21-15-24/h2-3,5-6,8-11,15H,4,7,12-14H2,1H3,(H,21,24). The minimum Gasteiger partial charge on any atom is -0.492 e. The molecule has 0 aliphatic carbocycles. The second-order valence-corrected chi connectivity index (χ2v) is 6.01. The predicted molar refractivity (Wildman–Crippen MR) is 98.8 cm³/mol. The van der Waals surface area contributed by atoms with E-state index in [1.807, 2.05) is 42.5 Å². The van der Waals surface area contributed by atoms with Gasteiger partial charge in [0, 0.05) is 13.0 Å². The number of aromatic nitrogens is 2. The summed E-state index contributed by atoms with van der Waals surface area (Å²) < 4.78 is 8.09. The second kappa shape index (κ2) is 8.33. The molecular weight excluding hydrogens is 314 g/mol. The van der Waals surface area contributed by atoms with Gasteiger partial charge < -0.3 is 14.6 Å². The maximum Gasteiger partial charge on any atom is 0.207 e. The number of aryl methyl sites for hydroxylation is 2. The van der Waals surface area contributed by atoms with Crippen LogP contribution in [0.2, 0.25) is 0 Å². The largest absolute Gasteiger partial charge is 0.492 e. The van der Waals surface area contributed by atoms with Gasteiger partial charge in [-0.25, -0.2) is 4.98 Å². The number of benzene rings is 2. The van der Waals surface area contributed by atoms with E-state index in [2.05, 4.69) is 22.9 Å². The van der Waals surface area contributed by atoms with Gasteiger partial charge in [-0.2, -0.15) is 0 Å². The minimum atomic E-state index is 0.586. The number of fused-ring (bicyclic) bond motifs is 1. The molecule has 0 radical (unpaired) electrons. The second-order valence-electron chi connectivity index (χ2n) is 6.01. The molecule has 0 bridgehead atoms. The first-order valence-electron chi connectivity index (χ1n) is 8.58. The summed E-state index contributed by atoms with van der Waals surface area (Å²) in [5.74, 6) is 1.91. The highest BCUT2D eigenvalue weighted by Gasteiger charge is 2.10. The number of ether oxygens (including phenoxy) is 1. The number of amides is 1. The zero-order valence-electron chi connectivity index (χ0n) is 14.4. The van der Waals surface area contributed by atoms with E-state index < -0.39 is 0 Å². The van der Waals surface area contributed by atoms with Crippen molar-refractivity contribution in [3.8, 4) is 5.75 Å². The van der Waals surface area contributed by atoms with Gasteiger partial charge in [0.2, 0.25) is 6.41 Å². The molecule has 25 heavy (non-hydrogen) atoms. The molecule has 0 fully saturated rings. The molecule has 5 heteroatoms. The minimum absolute atomic E-state index is 0.586. The molecule has 0 atom stereocenters. The van der Waals surface area contributed by atoms with Gasteiger partial charge in [0.25, 0.3) is 0 Å². The molecule has 2 aromatic carbocycles. The molecule has 0 unspecified atom stereocenters. The number of nitrogens with one attached hydrogen (secondary N) is 1. The lowest BCUT2D eigenvalue weighted by Crippen LogP contribution is -2.15. The number of nitrogens with zero attached hydrogens (tertiary/aromatic N) is 2. The summed E-state index contributed by atoms with van der Waals surface area (Å²) in [7, 11) is 0. The molecule has 5 nitrogen and oxygen atoms in total. The third-order valence-electron chi connectivity index (χ3n) is 4.14. The summed E-state index contributed by atoms with van der Waals surface area (Å²) in [4.78, 5) is 15.1. The van der Waals surface area contributed by atoms with Gasteiger partial charge in [-0.15, -0.1) is 0 Å². The fraction of sp³-hybridized carbons (Fsp3) is 0.300. The summed E-state index contributed by atoms with van der Waals surface area (Å²) >= 11 is 0. The number of carbonyl (C=O) groups excluding carboxylic acids is 1. The Bertz CT molecular complexity index is 825. The summed E-state index contributed by atoms with van der Waals surface area (Å²) in [6.07, 6.45) is 2.42. The third kappa shape index (κ3) is 4.38. The van der Waals surface area contributed by atoms with E-state index in [1.54, 1.807) is 0 Å². The van der Waals surface area contributed by atoms with Crippen molar-refractivity contribution < 1.29 is 9.53 Å². The molecule has 3 rings (SSSR count). The van der Waals surface area contributed by atoms with Gasteiger partial charge in [-0.1, -0.05) is 29.8 Å². The Hall–Kier alpha value is -2.82. The first kappa shape index (κ1) is 17.0. The van der Waals surface area contributed by atoms with Gasteiger partial charge in [-0.05, 0) is 37.6 Å². The Labute approximate surface area is 147 Å². The monoisotopic (exact) mass is 337 g/mol. The van der Waals surface area contributed by atoms with Gasteiger partial charge in [-0.3, -0.25) is 4.79 Å². The van der Waals surface area contributed by atoms with E-state index >= 15 is 0 Å². The average Bonchev–Trinajstić information content (AvgIpc) is 2.98. The van der Waals surface area contributed by atoms with E-state index in [4.69, 9.17) is 9.72 Å². The van der Waals surface area contributed by atoms with Crippen LogP contribution >= 0.6 is 0 Å². The van der Waals surface area contributed by atoms with Gasteiger partial charge in [0.15, 0.2) is 0 Å². The first-order valence-corrected chi connectivity index (χ1v) is 8.58. The highest BCUT2D eigenvalue weighted by atomic mass is 16.5. The molecule has 0 saturated heterocycles. The number of rotatable bonds is 9. The summed E-state index contributed by atoms with van der Waals surface area (Å²) in [6.45, 7) is 4.05. The molecule has 1 amide bonds. The Morgan fingerprint density at radius 3 is 2.76 bits per heavy atom. The highest BCUT2D eigenvalue weighted by molar-refractivity contribution is 5.75. The molecule has 130 valence electrons. The van der Waals surface area contributed by atoms with Crippen LogP contribution in [0, 0.1) is 6.92 Å². The van der Waals surface area contributed by atoms with Crippen LogP contribution in [0.15, 0.2) is 48.5 Å². The van der Waals surface area contributed by atoms with Crippen LogP contribution in [0.25, 0.3) is 11.0 Å². The fourth-order valence-corrected chi connectivity index (χ4v) is 2.86. The van der Waals surface area contributed by atoms with Crippen LogP contribution in [0.5, 0.6) is 5.75 Å². The Kier molecular flexibility index (Phi) is 5.67. The van der Waals surface area contributed by atoms with E-state index in [0.29, 0.717) is 13.2 Å². The molecule has 0 aliphatic heterocycles. The van der Waals surface area contributed by atoms with Crippen LogP contribution in [0.1, 0.15) is 17.8 Å². The van der Waals surface area contributed by atoms with Crippen molar-refractivity contribution in [2.24, 2.45) is 0 Å². The lowest BCUT2D eigenvalue weighted by atomic mass is 10.2. The molecular formula is C20H23N3O2. The first-order chi connectivity index (χ1) is 12.3. The molecule has 1 N–H and O–H groups in total. The third-order valence-corrected chi connectivity index (χ3v) is 4.14. The number of para-hydroxylation sites is 2. The van der Waals surface area contributed by atoms with Crippen molar-refractivity contribution >= 4 is 17.4 Å². The SMILES string of the molecule is Cc1ccc(OCCn2c(CCCNC=O)nc3ccccc32)cc1. The normalized spacial score (nSPS) is 10.8. The maximum absolute atomic E-state index is 10.4. The molecule has 0 saturated carbocycles. The molecule has 0 aliphatic rings. The number of imidazole rings is 1. The number of hydrogen-bond acceptors (Lipinski definition) is 3. The smallest absolute Gasteiger partial charge is 0.207 e. The van der Waals surface area contributed by atoms with Crippen molar-refractivity contribution in [2.45, 2.75) is 26.3 Å². The van der Waals surface area contributed by atoms with Crippen LogP contribution in [-0.4, -0.2) is 29.1 Å². The molecule has 1 aromatic heterocycles. The average molecular weight is 337 g/mol. The van der Waals surface area contributed by atoms with E-state index in [1.165, 1.54) is 5.56 Å². The topological polar surface area (TPSA) is 56.1 Å². The maximum atomic E-state index is 10.4. The van der Waals surface area contributed by atoms with E-state index in [0.717, 1.165) is 48.4 Å². The summed E-state index contributed by atoms with van der Waals surface area (Å²) in [5.41, 5.74) is 3.34. The number of carbonyl (C=O) groups is 1. The van der Waals surface area contributed by atoms with Crippen LogP contribution in [-0.2, 0) is 17.8 Å². The molecule has 0 spiro atoms. The lowest BCUT2D eigenvalue weighted by molar-refractivity contribution is -0.109. The van der Waals surface area contributed by atoms with Crippen molar-refractivity contribution in [3.63, 3.8) is 0 Å².